The average molecular weight is 363 g/mol. The third kappa shape index (κ3) is 2.66. The second-order valence-corrected chi connectivity index (χ2v) is 7.47. The first-order valence-corrected chi connectivity index (χ1v) is 9.35. The number of aromatic nitrogens is 1. The molecule has 0 radical (unpaired) electrons. The summed E-state index contributed by atoms with van der Waals surface area (Å²) in [6.07, 6.45) is 0.197. The molecule has 0 atom stereocenters. The summed E-state index contributed by atoms with van der Waals surface area (Å²) in [7, 11) is -4.23. The first kappa shape index (κ1) is 15.5. The quantitative estimate of drug-likeness (QED) is 0.342. The summed E-state index contributed by atoms with van der Waals surface area (Å²) in [5, 5.41) is 2.28. The van der Waals surface area contributed by atoms with Gasteiger partial charge in [0.1, 0.15) is 11.2 Å². The molecule has 0 aliphatic carbocycles. The summed E-state index contributed by atoms with van der Waals surface area (Å²) < 4.78 is 45.5. The van der Waals surface area contributed by atoms with Gasteiger partial charge >= 0.3 is 5.22 Å². The molecule has 0 N–H and O–H groups in total. The lowest BCUT2D eigenvalue weighted by Crippen LogP contribution is -2.34. The first-order chi connectivity index (χ1) is 11.4. The van der Waals surface area contributed by atoms with Crippen molar-refractivity contribution in [3.05, 3.63) is 36.4 Å². The van der Waals surface area contributed by atoms with Crippen LogP contribution >= 0.6 is 12.6 Å². The number of hydrogen-bond acceptors (Lipinski definition) is 6. The zero-order chi connectivity index (χ0) is 16.9. The highest BCUT2D eigenvalue weighted by atomic mass is 32.2. The molecule has 0 spiro atoms. The van der Waals surface area contributed by atoms with Crippen LogP contribution in [0.2, 0.25) is 0 Å². The Labute approximate surface area is 142 Å². The van der Waals surface area contributed by atoms with Gasteiger partial charge in [-0.3, -0.25) is 0 Å². The van der Waals surface area contributed by atoms with Crippen molar-refractivity contribution in [3.63, 3.8) is 0 Å². The van der Waals surface area contributed by atoms with Crippen molar-refractivity contribution in [1.82, 2.24) is 0 Å². The fourth-order valence-corrected chi connectivity index (χ4v) is 3.69. The van der Waals surface area contributed by atoms with Crippen molar-refractivity contribution in [1.29, 1.82) is 0 Å². The van der Waals surface area contributed by atoms with E-state index in [1.54, 1.807) is 10.6 Å². The van der Waals surface area contributed by atoms with Gasteiger partial charge in [-0.2, -0.15) is 4.57 Å². The van der Waals surface area contributed by atoms with Crippen LogP contribution in [0.25, 0.3) is 33.0 Å². The number of benzene rings is 2. The Bertz CT molecular complexity index is 1170. The van der Waals surface area contributed by atoms with Crippen LogP contribution in [0, 0.1) is 0 Å². The van der Waals surface area contributed by atoms with Crippen molar-refractivity contribution >= 4 is 55.8 Å². The third-order valence-corrected chi connectivity index (χ3v) is 5.08. The van der Waals surface area contributed by atoms with E-state index in [1.807, 2.05) is 30.3 Å². The van der Waals surface area contributed by atoms with Crippen LogP contribution in [0.5, 0.6) is 0 Å². The van der Waals surface area contributed by atoms with E-state index in [0.717, 1.165) is 21.9 Å². The number of rotatable bonds is 4. The maximum Gasteiger partial charge on any atom is 0.409 e. The lowest BCUT2D eigenvalue weighted by atomic mass is 10.1. The molecule has 0 saturated heterocycles. The predicted molar refractivity (Wildman–Crippen MR) is 90.1 cm³/mol. The van der Waals surface area contributed by atoms with Gasteiger partial charge in [0.25, 0.3) is 5.52 Å². The molecule has 4 rings (SSSR count). The van der Waals surface area contributed by atoms with Crippen LogP contribution in [-0.2, 0) is 16.7 Å². The largest absolute Gasteiger partial charge is 0.748 e. The summed E-state index contributed by atoms with van der Waals surface area (Å²) in [5.41, 5.74) is 2.87. The second kappa shape index (κ2) is 5.51. The number of hydrogen-bond donors (Lipinski definition) is 1. The zero-order valence-corrected chi connectivity index (χ0v) is 14.1. The standard InChI is InChI=1S/C16H13NO5S2/c18-24(19,20)7-3-6-17-12-8-11-10-4-1-2-5-13(10)21-14(11)9-15(12)22-16(17)23/h1-2,4-5,8-9H,3,6-7H2,(H,18,19,20). The number of oxazole rings is 1. The SMILES string of the molecule is O=S(=O)([O-])CCC[n+]1c(S)oc2cc3oc4ccccc4c3cc21. The average Bonchev–Trinajstić information content (AvgIpc) is 3.01. The van der Waals surface area contributed by atoms with Crippen molar-refractivity contribution < 1.29 is 26.4 Å². The lowest BCUT2D eigenvalue weighted by molar-refractivity contribution is -0.715. The first-order valence-electron chi connectivity index (χ1n) is 7.32. The van der Waals surface area contributed by atoms with Crippen LogP contribution in [0.15, 0.2) is 50.5 Å². The molecule has 8 heteroatoms. The van der Waals surface area contributed by atoms with E-state index in [1.165, 1.54) is 0 Å². The third-order valence-electron chi connectivity index (χ3n) is 3.96. The summed E-state index contributed by atoms with van der Waals surface area (Å²) in [6.45, 7) is 0.328. The highest BCUT2D eigenvalue weighted by molar-refractivity contribution is 7.85. The monoisotopic (exact) mass is 363 g/mol. The molecular formula is C16H13NO5S2. The Kier molecular flexibility index (Phi) is 3.56. The van der Waals surface area contributed by atoms with E-state index in [0.29, 0.717) is 22.9 Å². The van der Waals surface area contributed by atoms with E-state index in [2.05, 4.69) is 12.6 Å². The Balaban J connectivity index is 1.84. The van der Waals surface area contributed by atoms with Crippen molar-refractivity contribution in [2.45, 2.75) is 18.2 Å². The molecule has 2 heterocycles. The highest BCUT2D eigenvalue weighted by Crippen LogP contribution is 2.32. The second-order valence-electron chi connectivity index (χ2n) is 5.57. The molecule has 2 aromatic carbocycles. The molecular weight excluding hydrogens is 350 g/mol. The maximum atomic E-state index is 10.8. The molecule has 124 valence electrons. The zero-order valence-electron chi connectivity index (χ0n) is 12.4. The van der Waals surface area contributed by atoms with Gasteiger partial charge in [-0.05, 0) is 18.7 Å². The Hall–Kier alpha value is -2.03. The fourth-order valence-electron chi connectivity index (χ4n) is 2.91. The molecule has 24 heavy (non-hydrogen) atoms. The fraction of sp³-hybridized carbons (Fsp3) is 0.188. The minimum absolute atomic E-state index is 0.197. The van der Waals surface area contributed by atoms with E-state index >= 15 is 0 Å². The van der Waals surface area contributed by atoms with Crippen molar-refractivity contribution in [3.8, 4) is 0 Å². The van der Waals surface area contributed by atoms with E-state index < -0.39 is 15.9 Å². The van der Waals surface area contributed by atoms with Crippen LogP contribution in [0.3, 0.4) is 0 Å². The van der Waals surface area contributed by atoms with Crippen LogP contribution in [-0.4, -0.2) is 18.7 Å². The molecule has 0 fully saturated rings. The molecule has 0 amide bonds. The highest BCUT2D eigenvalue weighted by Gasteiger charge is 2.22. The van der Waals surface area contributed by atoms with Crippen LogP contribution in [0.4, 0.5) is 0 Å². The smallest absolute Gasteiger partial charge is 0.409 e. The molecule has 0 unspecified atom stereocenters. The van der Waals surface area contributed by atoms with Gasteiger partial charge in [0.2, 0.25) is 5.58 Å². The number of aryl methyl sites for hydroxylation is 1. The Morgan fingerprint density at radius 1 is 1.04 bits per heavy atom. The van der Waals surface area contributed by atoms with Crippen LogP contribution in [0.1, 0.15) is 6.42 Å². The summed E-state index contributed by atoms with van der Waals surface area (Å²) >= 11 is 4.30. The summed E-state index contributed by atoms with van der Waals surface area (Å²) in [6, 6.07) is 11.5. The van der Waals surface area contributed by atoms with Gasteiger partial charge in [0, 0.05) is 35.1 Å². The van der Waals surface area contributed by atoms with Crippen molar-refractivity contribution in [2.75, 3.05) is 5.75 Å². The molecule has 0 saturated carbocycles. The van der Waals surface area contributed by atoms with Gasteiger partial charge in [-0.1, -0.05) is 18.2 Å². The van der Waals surface area contributed by atoms with Gasteiger partial charge < -0.3 is 13.4 Å². The maximum absolute atomic E-state index is 10.8. The Morgan fingerprint density at radius 3 is 2.62 bits per heavy atom. The molecule has 0 aliphatic heterocycles. The van der Waals surface area contributed by atoms with Crippen LogP contribution < -0.4 is 4.57 Å². The van der Waals surface area contributed by atoms with Gasteiger partial charge in [-0.25, -0.2) is 8.42 Å². The van der Waals surface area contributed by atoms with Gasteiger partial charge in [0.05, 0.1) is 10.1 Å². The summed E-state index contributed by atoms with van der Waals surface area (Å²) in [4.78, 5) is 0. The molecule has 6 nitrogen and oxygen atoms in total. The number of para-hydroxylation sites is 1. The van der Waals surface area contributed by atoms with E-state index in [9.17, 15) is 13.0 Å². The Morgan fingerprint density at radius 2 is 1.83 bits per heavy atom. The van der Waals surface area contributed by atoms with Gasteiger partial charge in [0.15, 0.2) is 6.54 Å². The van der Waals surface area contributed by atoms with Gasteiger partial charge in [-0.15, -0.1) is 0 Å². The van der Waals surface area contributed by atoms with E-state index in [4.69, 9.17) is 8.83 Å². The number of nitrogens with zero attached hydrogens (tertiary/aromatic N) is 1. The number of fused-ring (bicyclic) bond motifs is 4. The lowest BCUT2D eigenvalue weighted by Gasteiger charge is -2.03. The number of thiol groups is 1. The van der Waals surface area contributed by atoms with Crippen molar-refractivity contribution in [2.24, 2.45) is 0 Å². The van der Waals surface area contributed by atoms with E-state index in [-0.39, 0.29) is 6.42 Å². The topological polar surface area (TPSA) is 87.4 Å². The number of furan rings is 1. The summed E-state index contributed by atoms with van der Waals surface area (Å²) in [5.74, 6) is -0.420. The molecule has 0 aliphatic rings. The molecule has 2 aromatic heterocycles. The predicted octanol–water partition coefficient (Wildman–Crippen LogP) is 2.84. The molecule has 0 bridgehead atoms. The minimum atomic E-state index is -4.23. The minimum Gasteiger partial charge on any atom is -0.748 e. The molecule has 4 aromatic rings. The normalized spacial score (nSPS) is 12.6.